The molecule has 0 bridgehead atoms. The first kappa shape index (κ1) is 15.5. The van der Waals surface area contributed by atoms with Gasteiger partial charge in [0.05, 0.1) is 23.7 Å². The lowest BCUT2D eigenvalue weighted by molar-refractivity contribution is -0.147. The SMILES string of the molecule is CCOC(=O)[C@@H](C)[C@@H](C)B1OC(C)(C)C(C)(C)O1. The van der Waals surface area contributed by atoms with Crippen LogP contribution < -0.4 is 0 Å². The molecule has 4 nitrogen and oxygen atoms in total. The number of hydrogen-bond donors (Lipinski definition) is 0. The maximum atomic E-state index is 11.7. The molecule has 0 aromatic rings. The molecular weight excluding hydrogens is 231 g/mol. The summed E-state index contributed by atoms with van der Waals surface area (Å²) in [5, 5.41) is 0. The Morgan fingerprint density at radius 2 is 1.61 bits per heavy atom. The van der Waals surface area contributed by atoms with Gasteiger partial charge in [-0.05, 0) is 34.6 Å². The van der Waals surface area contributed by atoms with Crippen LogP contribution in [0.4, 0.5) is 0 Å². The summed E-state index contributed by atoms with van der Waals surface area (Å²) in [6.45, 7) is 14.1. The van der Waals surface area contributed by atoms with Crippen molar-refractivity contribution in [3.05, 3.63) is 0 Å². The molecule has 1 saturated heterocycles. The first-order valence-electron chi connectivity index (χ1n) is 6.64. The van der Waals surface area contributed by atoms with Crippen molar-refractivity contribution in [2.45, 2.75) is 65.5 Å². The molecule has 0 aromatic heterocycles. The minimum Gasteiger partial charge on any atom is -0.466 e. The van der Waals surface area contributed by atoms with Crippen LogP contribution in [0.1, 0.15) is 48.5 Å². The molecule has 0 aliphatic carbocycles. The summed E-state index contributed by atoms with van der Waals surface area (Å²) in [4.78, 5) is 11.7. The zero-order valence-electron chi connectivity index (χ0n) is 12.6. The fourth-order valence-corrected chi connectivity index (χ4v) is 1.83. The number of carbonyl (C=O) groups is 1. The van der Waals surface area contributed by atoms with Crippen molar-refractivity contribution in [2.75, 3.05) is 6.61 Å². The van der Waals surface area contributed by atoms with Crippen molar-refractivity contribution in [3.8, 4) is 0 Å². The van der Waals surface area contributed by atoms with Crippen LogP contribution in [0.25, 0.3) is 0 Å². The van der Waals surface area contributed by atoms with Crippen LogP contribution in [0.5, 0.6) is 0 Å². The van der Waals surface area contributed by atoms with Gasteiger partial charge in [-0.2, -0.15) is 0 Å². The third kappa shape index (κ3) is 2.89. The normalized spacial score (nSPS) is 24.7. The van der Waals surface area contributed by atoms with E-state index in [1.54, 1.807) is 0 Å². The Morgan fingerprint density at radius 3 is 2.00 bits per heavy atom. The summed E-state index contributed by atoms with van der Waals surface area (Å²) in [7, 11) is -0.366. The van der Waals surface area contributed by atoms with E-state index in [2.05, 4.69) is 0 Å². The van der Waals surface area contributed by atoms with Crippen molar-refractivity contribution < 1.29 is 18.8 Å². The Hall–Kier alpha value is -0.545. The van der Waals surface area contributed by atoms with Gasteiger partial charge in [0.25, 0.3) is 0 Å². The Balaban J connectivity index is 2.70. The molecule has 0 aromatic carbocycles. The van der Waals surface area contributed by atoms with Crippen LogP contribution in [0.3, 0.4) is 0 Å². The molecular formula is C13H25BO4. The molecule has 1 heterocycles. The first-order valence-corrected chi connectivity index (χ1v) is 6.64. The molecule has 2 atom stereocenters. The van der Waals surface area contributed by atoms with Crippen LogP contribution >= 0.6 is 0 Å². The lowest BCUT2D eigenvalue weighted by atomic mass is 9.66. The van der Waals surface area contributed by atoms with Gasteiger partial charge in [0, 0.05) is 5.82 Å². The van der Waals surface area contributed by atoms with Gasteiger partial charge in [0.1, 0.15) is 0 Å². The molecule has 0 N–H and O–H groups in total. The van der Waals surface area contributed by atoms with E-state index in [-0.39, 0.29) is 36.0 Å². The summed E-state index contributed by atoms with van der Waals surface area (Å²) >= 11 is 0. The summed E-state index contributed by atoms with van der Waals surface area (Å²) in [6.07, 6.45) is 0. The van der Waals surface area contributed by atoms with Gasteiger partial charge in [0.2, 0.25) is 0 Å². The molecule has 1 aliphatic rings. The third-order valence-electron chi connectivity index (χ3n) is 4.15. The fourth-order valence-electron chi connectivity index (χ4n) is 1.83. The van der Waals surface area contributed by atoms with Crippen LogP contribution in [-0.2, 0) is 18.8 Å². The molecule has 1 rings (SSSR count). The molecule has 1 fully saturated rings. The highest BCUT2D eigenvalue weighted by Gasteiger charge is 2.54. The molecule has 0 unspecified atom stereocenters. The van der Waals surface area contributed by atoms with Gasteiger partial charge in [-0.3, -0.25) is 4.79 Å². The summed E-state index contributed by atoms with van der Waals surface area (Å²) in [5.41, 5.74) is -0.722. The van der Waals surface area contributed by atoms with Crippen molar-refractivity contribution in [1.29, 1.82) is 0 Å². The van der Waals surface area contributed by atoms with E-state index in [1.165, 1.54) is 0 Å². The number of rotatable bonds is 4. The second kappa shape index (κ2) is 5.21. The number of hydrogen-bond acceptors (Lipinski definition) is 4. The first-order chi connectivity index (χ1) is 8.12. The van der Waals surface area contributed by atoms with Gasteiger partial charge >= 0.3 is 13.1 Å². The van der Waals surface area contributed by atoms with E-state index in [1.807, 2.05) is 48.5 Å². The summed E-state index contributed by atoms with van der Waals surface area (Å²) < 4.78 is 16.9. The largest absolute Gasteiger partial charge is 0.466 e. The second-order valence-corrected chi connectivity index (χ2v) is 6.02. The number of esters is 1. The molecule has 0 amide bonds. The zero-order valence-corrected chi connectivity index (χ0v) is 12.6. The van der Waals surface area contributed by atoms with Crippen LogP contribution in [0, 0.1) is 5.92 Å². The number of ether oxygens (including phenoxy) is 1. The Kier molecular flexibility index (Phi) is 4.49. The highest BCUT2D eigenvalue weighted by atomic mass is 16.7. The van der Waals surface area contributed by atoms with Gasteiger partial charge in [-0.25, -0.2) is 0 Å². The Morgan fingerprint density at radius 1 is 1.17 bits per heavy atom. The van der Waals surface area contributed by atoms with E-state index in [4.69, 9.17) is 14.0 Å². The number of carbonyl (C=O) groups excluding carboxylic acids is 1. The zero-order chi connectivity index (χ0) is 14.1. The lowest BCUT2D eigenvalue weighted by Gasteiger charge is -2.32. The van der Waals surface area contributed by atoms with E-state index in [0.717, 1.165) is 0 Å². The molecule has 18 heavy (non-hydrogen) atoms. The maximum Gasteiger partial charge on any atom is 0.461 e. The van der Waals surface area contributed by atoms with E-state index in [0.29, 0.717) is 6.61 Å². The fraction of sp³-hybridized carbons (Fsp3) is 0.923. The summed E-state index contributed by atoms with van der Waals surface area (Å²) in [6, 6.07) is 0. The standard InChI is InChI=1S/C13H25BO4/c1-8-16-11(15)9(2)10(3)14-17-12(4,5)13(6,7)18-14/h9-10H,8H2,1-7H3/t9-,10+/m0/s1. The minimum atomic E-state index is -0.366. The topological polar surface area (TPSA) is 44.8 Å². The van der Waals surface area contributed by atoms with Crippen molar-refractivity contribution >= 4 is 13.1 Å². The van der Waals surface area contributed by atoms with Gasteiger partial charge < -0.3 is 14.0 Å². The van der Waals surface area contributed by atoms with E-state index >= 15 is 0 Å². The minimum absolute atomic E-state index is 0.0369. The quantitative estimate of drug-likeness (QED) is 0.573. The molecule has 104 valence electrons. The predicted octanol–water partition coefficient (Wildman–Crippen LogP) is 2.67. The molecule has 0 spiro atoms. The smallest absolute Gasteiger partial charge is 0.461 e. The van der Waals surface area contributed by atoms with Crippen molar-refractivity contribution in [3.63, 3.8) is 0 Å². The van der Waals surface area contributed by atoms with Gasteiger partial charge in [0.15, 0.2) is 0 Å². The van der Waals surface area contributed by atoms with Crippen LogP contribution in [-0.4, -0.2) is 30.9 Å². The monoisotopic (exact) mass is 256 g/mol. The van der Waals surface area contributed by atoms with Gasteiger partial charge in [-0.1, -0.05) is 13.8 Å². The maximum absolute atomic E-state index is 11.7. The molecule has 0 radical (unpaired) electrons. The Bertz CT molecular complexity index is 298. The average Bonchev–Trinajstić information content (AvgIpc) is 2.46. The van der Waals surface area contributed by atoms with Gasteiger partial charge in [-0.15, -0.1) is 0 Å². The summed E-state index contributed by atoms with van der Waals surface area (Å²) in [5.74, 6) is -0.468. The lowest BCUT2D eigenvalue weighted by Crippen LogP contribution is -2.41. The molecule has 0 saturated carbocycles. The highest BCUT2D eigenvalue weighted by Crippen LogP contribution is 2.41. The van der Waals surface area contributed by atoms with Crippen molar-refractivity contribution in [1.82, 2.24) is 0 Å². The molecule has 1 aliphatic heterocycles. The second-order valence-electron chi connectivity index (χ2n) is 6.02. The average molecular weight is 256 g/mol. The van der Waals surface area contributed by atoms with E-state index in [9.17, 15) is 4.79 Å². The van der Waals surface area contributed by atoms with Crippen LogP contribution in [0.15, 0.2) is 0 Å². The van der Waals surface area contributed by atoms with Crippen molar-refractivity contribution in [2.24, 2.45) is 5.92 Å². The van der Waals surface area contributed by atoms with E-state index < -0.39 is 0 Å². The predicted molar refractivity (Wildman–Crippen MR) is 71.3 cm³/mol. The molecule has 5 heteroatoms. The third-order valence-corrected chi connectivity index (χ3v) is 4.15. The Labute approximate surface area is 111 Å². The van der Waals surface area contributed by atoms with Crippen LogP contribution in [0.2, 0.25) is 5.82 Å². The highest BCUT2D eigenvalue weighted by molar-refractivity contribution is 6.47.